The van der Waals surface area contributed by atoms with Crippen LogP contribution in [-0.4, -0.2) is 79.2 Å². The average molecular weight is 577 g/mol. The largest absolute Gasteiger partial charge is 0.495 e. The fourth-order valence-corrected chi connectivity index (χ4v) is 5.01. The third-order valence-electron chi connectivity index (χ3n) is 7.14. The Bertz CT molecular complexity index is 1380. The van der Waals surface area contributed by atoms with Gasteiger partial charge in [-0.15, -0.1) is 0 Å². The molecule has 1 aromatic heterocycles. The van der Waals surface area contributed by atoms with E-state index >= 15 is 0 Å². The van der Waals surface area contributed by atoms with E-state index in [9.17, 15) is 4.79 Å². The maximum absolute atomic E-state index is 12.4. The van der Waals surface area contributed by atoms with E-state index in [0.29, 0.717) is 56.5 Å². The van der Waals surface area contributed by atoms with Crippen LogP contribution in [0.2, 0.25) is 0 Å². The van der Waals surface area contributed by atoms with Crippen molar-refractivity contribution in [3.63, 3.8) is 0 Å². The van der Waals surface area contributed by atoms with Crippen molar-refractivity contribution in [3.8, 4) is 22.8 Å². The van der Waals surface area contributed by atoms with E-state index in [1.165, 1.54) is 0 Å². The van der Waals surface area contributed by atoms with Gasteiger partial charge in [-0.3, -0.25) is 0 Å². The summed E-state index contributed by atoms with van der Waals surface area (Å²) < 4.78 is 22.8. The number of rotatable bonds is 7. The highest BCUT2D eigenvalue weighted by Gasteiger charge is 2.28. The van der Waals surface area contributed by atoms with Crippen molar-refractivity contribution in [2.45, 2.75) is 45.3 Å². The van der Waals surface area contributed by atoms with Gasteiger partial charge in [0.15, 0.2) is 0 Å². The smallest absolute Gasteiger partial charge is 0.410 e. The number of carbonyl (C=O) groups excluding carboxylic acids is 1. The molecule has 0 spiro atoms. The number of benzene rings is 2. The van der Waals surface area contributed by atoms with Gasteiger partial charge < -0.3 is 39.8 Å². The van der Waals surface area contributed by atoms with Crippen molar-refractivity contribution in [1.29, 1.82) is 0 Å². The number of amides is 1. The summed E-state index contributed by atoms with van der Waals surface area (Å²) in [6.45, 7) is 9.83. The van der Waals surface area contributed by atoms with Gasteiger partial charge in [-0.25, -0.2) is 14.8 Å². The minimum atomic E-state index is -0.511. The van der Waals surface area contributed by atoms with Crippen LogP contribution in [0.3, 0.4) is 0 Å². The molecule has 5 rings (SSSR count). The van der Waals surface area contributed by atoms with Gasteiger partial charge in [0, 0.05) is 62.5 Å². The summed E-state index contributed by atoms with van der Waals surface area (Å²) in [7, 11) is 1.67. The van der Waals surface area contributed by atoms with E-state index in [1.807, 2.05) is 63.2 Å². The Balaban J connectivity index is 1.21. The van der Waals surface area contributed by atoms with Crippen molar-refractivity contribution >= 4 is 29.1 Å². The van der Waals surface area contributed by atoms with Crippen molar-refractivity contribution in [2.24, 2.45) is 0 Å². The summed E-state index contributed by atoms with van der Waals surface area (Å²) in [5.41, 5.74) is 9.85. The Morgan fingerprint density at radius 2 is 1.79 bits per heavy atom. The average Bonchev–Trinajstić information content (AvgIpc) is 2.98. The van der Waals surface area contributed by atoms with Crippen LogP contribution in [0, 0.1) is 0 Å². The number of ether oxygens (including phenoxy) is 4. The minimum Gasteiger partial charge on any atom is -0.495 e. The summed E-state index contributed by atoms with van der Waals surface area (Å²) in [5, 5.41) is 3.28. The van der Waals surface area contributed by atoms with Crippen molar-refractivity contribution in [1.82, 2.24) is 14.9 Å². The zero-order valence-electron chi connectivity index (χ0n) is 24.8. The topological polar surface area (TPSA) is 124 Å². The Morgan fingerprint density at radius 3 is 2.48 bits per heavy atom. The molecule has 1 amide bonds. The lowest BCUT2D eigenvalue weighted by molar-refractivity contribution is 0.0127. The molecule has 3 heterocycles. The second kappa shape index (κ2) is 12.7. The minimum absolute atomic E-state index is 0.0293. The maximum atomic E-state index is 12.4. The quantitative estimate of drug-likeness (QED) is 0.367. The molecule has 42 heavy (non-hydrogen) atoms. The fraction of sp³-hybridized carbons (Fsp3) is 0.452. The maximum Gasteiger partial charge on any atom is 0.410 e. The van der Waals surface area contributed by atoms with Crippen LogP contribution in [0.5, 0.6) is 11.5 Å². The highest BCUT2D eigenvalue weighted by atomic mass is 16.6. The molecule has 11 heteroatoms. The number of methoxy groups -OCH3 is 1. The summed E-state index contributed by atoms with van der Waals surface area (Å²) in [6, 6.07) is 13.5. The summed E-state index contributed by atoms with van der Waals surface area (Å²) in [6.07, 6.45) is 2.81. The molecule has 3 aromatic rings. The Hall–Kier alpha value is -4.25. The Morgan fingerprint density at radius 1 is 1.02 bits per heavy atom. The predicted octanol–water partition coefficient (Wildman–Crippen LogP) is 5.09. The van der Waals surface area contributed by atoms with Gasteiger partial charge in [-0.1, -0.05) is 0 Å². The molecule has 2 aromatic carbocycles. The molecule has 0 aliphatic carbocycles. The van der Waals surface area contributed by atoms with Gasteiger partial charge in [0.25, 0.3) is 0 Å². The molecular weight excluding hydrogens is 536 g/mol. The molecular formula is C31H40N6O5. The monoisotopic (exact) mass is 576 g/mol. The Labute approximate surface area is 246 Å². The van der Waals surface area contributed by atoms with Crippen molar-refractivity contribution < 1.29 is 23.7 Å². The van der Waals surface area contributed by atoms with Gasteiger partial charge in [0.05, 0.1) is 37.4 Å². The molecule has 0 bridgehead atoms. The molecule has 2 saturated heterocycles. The van der Waals surface area contributed by atoms with E-state index in [2.05, 4.69) is 15.2 Å². The number of hydrogen-bond acceptors (Lipinski definition) is 10. The standard InChI is InChI=1S/C31H40N6O5/c1-31(2,3)42-30(38)37-13-10-23(11-14-37)41-27-8-5-21(19-24(27)32)25-9-12-33-29(35-25)34-22-6-7-26(28(20-22)39-4)36-15-17-40-18-16-36/h5-9,12,19-20,23H,10-11,13-18,32H2,1-4H3,(H,33,34,35). The molecule has 2 aliphatic rings. The molecule has 2 fully saturated rings. The molecule has 3 N–H and O–H groups in total. The summed E-state index contributed by atoms with van der Waals surface area (Å²) in [4.78, 5) is 25.4. The van der Waals surface area contributed by atoms with Crippen LogP contribution in [0.25, 0.3) is 11.3 Å². The van der Waals surface area contributed by atoms with Crippen LogP contribution in [0.4, 0.5) is 27.8 Å². The molecule has 2 aliphatic heterocycles. The first-order valence-corrected chi connectivity index (χ1v) is 14.3. The van der Waals surface area contributed by atoms with Crippen LogP contribution < -0.4 is 25.4 Å². The van der Waals surface area contributed by atoms with E-state index in [4.69, 9.17) is 29.7 Å². The first-order chi connectivity index (χ1) is 20.2. The zero-order chi connectivity index (χ0) is 29.7. The number of hydrogen-bond donors (Lipinski definition) is 2. The fourth-order valence-electron chi connectivity index (χ4n) is 5.01. The summed E-state index contributed by atoms with van der Waals surface area (Å²) >= 11 is 0. The normalized spacial score (nSPS) is 16.2. The van der Waals surface area contributed by atoms with E-state index in [0.717, 1.165) is 41.5 Å². The SMILES string of the molecule is COc1cc(Nc2nccc(-c3ccc(OC4CCN(C(=O)OC(C)(C)C)CC4)c(N)c3)n2)ccc1N1CCOCC1. The number of nitrogens with two attached hydrogens (primary N) is 1. The number of aromatic nitrogens is 2. The van der Waals surface area contributed by atoms with Gasteiger partial charge in [0.1, 0.15) is 23.2 Å². The van der Waals surface area contributed by atoms with Crippen LogP contribution >= 0.6 is 0 Å². The third kappa shape index (κ3) is 7.33. The molecule has 0 saturated carbocycles. The predicted molar refractivity (Wildman–Crippen MR) is 163 cm³/mol. The molecule has 0 radical (unpaired) electrons. The lowest BCUT2D eigenvalue weighted by Gasteiger charge is -2.33. The molecule has 224 valence electrons. The zero-order valence-corrected chi connectivity index (χ0v) is 24.8. The summed E-state index contributed by atoms with van der Waals surface area (Å²) in [5.74, 6) is 1.86. The van der Waals surface area contributed by atoms with Gasteiger partial charge >= 0.3 is 6.09 Å². The van der Waals surface area contributed by atoms with Crippen LogP contribution in [-0.2, 0) is 9.47 Å². The number of morpholine rings is 1. The second-order valence-electron chi connectivity index (χ2n) is 11.4. The second-order valence-corrected chi connectivity index (χ2v) is 11.4. The van der Waals surface area contributed by atoms with Gasteiger partial charge in [-0.2, -0.15) is 0 Å². The number of likely N-dealkylation sites (tertiary alicyclic amines) is 1. The molecule has 11 nitrogen and oxygen atoms in total. The Kier molecular flexibility index (Phi) is 8.86. The first-order valence-electron chi connectivity index (χ1n) is 14.3. The number of nitrogens with one attached hydrogen (secondary N) is 1. The van der Waals surface area contributed by atoms with Gasteiger partial charge in [0.2, 0.25) is 5.95 Å². The van der Waals surface area contributed by atoms with Crippen LogP contribution in [0.1, 0.15) is 33.6 Å². The van der Waals surface area contributed by atoms with E-state index < -0.39 is 5.60 Å². The first kappa shape index (κ1) is 29.2. The highest BCUT2D eigenvalue weighted by Crippen LogP contribution is 2.34. The van der Waals surface area contributed by atoms with E-state index in [1.54, 1.807) is 18.2 Å². The number of anilines is 4. The number of piperidine rings is 1. The lowest BCUT2D eigenvalue weighted by Crippen LogP contribution is -2.44. The molecule has 0 unspecified atom stereocenters. The number of carbonyl (C=O) groups is 1. The third-order valence-corrected chi connectivity index (χ3v) is 7.14. The van der Waals surface area contributed by atoms with Crippen LogP contribution in [0.15, 0.2) is 48.7 Å². The van der Waals surface area contributed by atoms with Crippen molar-refractivity contribution in [2.75, 3.05) is 62.5 Å². The lowest BCUT2D eigenvalue weighted by atomic mass is 10.1. The highest BCUT2D eigenvalue weighted by molar-refractivity contribution is 5.71. The van der Waals surface area contributed by atoms with Gasteiger partial charge in [-0.05, 0) is 57.2 Å². The molecule has 0 atom stereocenters. The van der Waals surface area contributed by atoms with E-state index in [-0.39, 0.29) is 12.2 Å². The number of nitrogens with zero attached hydrogens (tertiary/aromatic N) is 4. The number of nitrogen functional groups attached to an aromatic ring is 1. The van der Waals surface area contributed by atoms with Crippen molar-refractivity contribution in [3.05, 3.63) is 48.7 Å².